The van der Waals surface area contributed by atoms with Crippen molar-refractivity contribution >= 4 is 23.2 Å². The van der Waals surface area contributed by atoms with Crippen molar-refractivity contribution in [2.45, 2.75) is 20.0 Å². The fourth-order valence-electron chi connectivity index (χ4n) is 1.50. The summed E-state index contributed by atoms with van der Waals surface area (Å²) in [5.74, 6) is 0. The highest BCUT2D eigenvalue weighted by atomic mass is 35.5. The number of nitrogens with zero attached hydrogens (tertiary/aromatic N) is 2. The molecule has 0 saturated carbocycles. The van der Waals surface area contributed by atoms with Crippen molar-refractivity contribution in [3.8, 4) is 0 Å². The largest absolute Gasteiger partial charge is 0.307 e. The van der Waals surface area contributed by atoms with Crippen molar-refractivity contribution < 1.29 is 0 Å². The molecule has 0 fully saturated rings. The van der Waals surface area contributed by atoms with Crippen LogP contribution in [0.15, 0.2) is 30.6 Å². The summed E-state index contributed by atoms with van der Waals surface area (Å²) >= 11 is 11.8. The quantitative estimate of drug-likeness (QED) is 0.934. The number of halogens is 2. The maximum atomic E-state index is 5.95. The zero-order chi connectivity index (χ0) is 13.0. The van der Waals surface area contributed by atoms with E-state index in [2.05, 4.69) is 15.3 Å². The summed E-state index contributed by atoms with van der Waals surface area (Å²) in [7, 11) is 0. The number of hydrogen-bond acceptors (Lipinski definition) is 3. The fourth-order valence-corrected chi connectivity index (χ4v) is 1.82. The maximum absolute atomic E-state index is 5.95. The second kappa shape index (κ2) is 6.14. The summed E-state index contributed by atoms with van der Waals surface area (Å²) in [6, 6.07) is 5.60. The third kappa shape index (κ3) is 3.67. The Balaban J connectivity index is 1.88. The first-order valence-electron chi connectivity index (χ1n) is 5.57. The summed E-state index contributed by atoms with van der Waals surface area (Å²) in [5, 5.41) is 4.43. The second-order valence-electron chi connectivity index (χ2n) is 4.00. The summed E-state index contributed by atoms with van der Waals surface area (Å²) in [6.45, 7) is 3.31. The fraction of sp³-hybridized carbons (Fsp3) is 0.231. The minimum absolute atomic E-state index is 0.574. The highest BCUT2D eigenvalue weighted by Gasteiger charge is 2.00. The van der Waals surface area contributed by atoms with Crippen molar-refractivity contribution in [1.29, 1.82) is 0 Å². The van der Waals surface area contributed by atoms with Gasteiger partial charge < -0.3 is 5.32 Å². The van der Waals surface area contributed by atoms with Crippen LogP contribution in [0.3, 0.4) is 0 Å². The van der Waals surface area contributed by atoms with Crippen molar-refractivity contribution in [2.24, 2.45) is 0 Å². The predicted molar refractivity (Wildman–Crippen MR) is 73.8 cm³/mol. The minimum Gasteiger partial charge on any atom is -0.307 e. The van der Waals surface area contributed by atoms with Crippen molar-refractivity contribution in [2.75, 3.05) is 0 Å². The molecule has 2 aromatic rings. The van der Waals surface area contributed by atoms with Gasteiger partial charge in [0, 0.05) is 25.5 Å². The highest BCUT2D eigenvalue weighted by Crippen LogP contribution is 2.22. The first kappa shape index (κ1) is 13.3. The van der Waals surface area contributed by atoms with E-state index < -0.39 is 0 Å². The van der Waals surface area contributed by atoms with Gasteiger partial charge in [-0.25, -0.2) is 0 Å². The van der Waals surface area contributed by atoms with Gasteiger partial charge in [-0.2, -0.15) is 0 Å². The molecule has 0 saturated heterocycles. The number of aryl methyl sites for hydroxylation is 1. The van der Waals surface area contributed by atoms with Gasteiger partial charge in [0.05, 0.1) is 21.4 Å². The lowest BCUT2D eigenvalue weighted by Gasteiger charge is -2.05. The molecule has 0 unspecified atom stereocenters. The van der Waals surface area contributed by atoms with E-state index in [9.17, 15) is 0 Å². The summed E-state index contributed by atoms with van der Waals surface area (Å²) in [4.78, 5) is 8.46. The normalized spacial score (nSPS) is 10.6. The van der Waals surface area contributed by atoms with Crippen LogP contribution in [0.1, 0.15) is 17.0 Å². The molecule has 1 N–H and O–H groups in total. The molecule has 0 spiro atoms. The molecule has 1 heterocycles. The van der Waals surface area contributed by atoms with E-state index in [1.54, 1.807) is 18.5 Å². The minimum atomic E-state index is 0.574. The van der Waals surface area contributed by atoms with Crippen LogP contribution in [-0.4, -0.2) is 9.97 Å². The summed E-state index contributed by atoms with van der Waals surface area (Å²) in [5.41, 5.74) is 2.92. The topological polar surface area (TPSA) is 37.8 Å². The molecule has 0 radical (unpaired) electrons. The summed E-state index contributed by atoms with van der Waals surface area (Å²) < 4.78 is 0. The van der Waals surface area contributed by atoms with Gasteiger partial charge in [0.25, 0.3) is 0 Å². The van der Waals surface area contributed by atoms with E-state index in [0.717, 1.165) is 17.0 Å². The van der Waals surface area contributed by atoms with E-state index in [1.165, 1.54) is 0 Å². The molecule has 94 valence electrons. The molecule has 1 aromatic carbocycles. The predicted octanol–water partition coefficient (Wildman–Crippen LogP) is 3.38. The van der Waals surface area contributed by atoms with Gasteiger partial charge in [-0.3, -0.25) is 9.97 Å². The van der Waals surface area contributed by atoms with E-state index in [-0.39, 0.29) is 0 Å². The Kier molecular flexibility index (Phi) is 4.53. The third-order valence-corrected chi connectivity index (χ3v) is 3.19. The number of nitrogens with one attached hydrogen (secondary N) is 1. The van der Waals surface area contributed by atoms with Gasteiger partial charge >= 0.3 is 0 Å². The average molecular weight is 282 g/mol. The Morgan fingerprint density at radius 2 is 1.89 bits per heavy atom. The molecule has 2 rings (SSSR count). The number of benzene rings is 1. The lowest BCUT2D eigenvalue weighted by Crippen LogP contribution is -2.13. The monoisotopic (exact) mass is 281 g/mol. The molecular weight excluding hydrogens is 269 g/mol. The number of hydrogen-bond donors (Lipinski definition) is 1. The Labute approximate surface area is 116 Å². The molecule has 0 aliphatic carbocycles. The molecular formula is C13H13Cl2N3. The van der Waals surface area contributed by atoms with Crippen molar-refractivity contribution in [3.05, 3.63) is 57.6 Å². The van der Waals surface area contributed by atoms with Crippen LogP contribution < -0.4 is 5.32 Å². The second-order valence-corrected chi connectivity index (χ2v) is 4.82. The average Bonchev–Trinajstić information content (AvgIpc) is 2.36. The smallest absolute Gasteiger partial charge is 0.0724 e. The van der Waals surface area contributed by atoms with E-state index >= 15 is 0 Å². The molecule has 3 nitrogen and oxygen atoms in total. The summed E-state index contributed by atoms with van der Waals surface area (Å²) in [6.07, 6.45) is 3.54. The lowest BCUT2D eigenvalue weighted by atomic mass is 10.2. The van der Waals surface area contributed by atoms with Gasteiger partial charge in [0.2, 0.25) is 0 Å². The molecule has 0 amide bonds. The van der Waals surface area contributed by atoms with Gasteiger partial charge in [-0.1, -0.05) is 29.3 Å². The van der Waals surface area contributed by atoms with Gasteiger partial charge in [-0.15, -0.1) is 0 Å². The van der Waals surface area contributed by atoms with Crippen LogP contribution in [0.25, 0.3) is 0 Å². The molecule has 0 aliphatic heterocycles. The van der Waals surface area contributed by atoms with Crippen LogP contribution in [0, 0.1) is 6.92 Å². The van der Waals surface area contributed by atoms with Gasteiger partial charge in [-0.05, 0) is 24.6 Å². The Hall–Kier alpha value is -1.16. The van der Waals surface area contributed by atoms with Crippen LogP contribution in [-0.2, 0) is 13.1 Å². The lowest BCUT2D eigenvalue weighted by molar-refractivity contribution is 0.676. The number of aromatic nitrogens is 2. The third-order valence-electron chi connectivity index (χ3n) is 2.45. The molecule has 5 heteroatoms. The Morgan fingerprint density at radius 1 is 1.06 bits per heavy atom. The van der Waals surface area contributed by atoms with Crippen LogP contribution in [0.4, 0.5) is 0 Å². The molecule has 18 heavy (non-hydrogen) atoms. The zero-order valence-corrected chi connectivity index (χ0v) is 11.5. The first-order valence-corrected chi connectivity index (χ1v) is 6.33. The van der Waals surface area contributed by atoms with Crippen molar-refractivity contribution in [3.63, 3.8) is 0 Å². The molecule has 0 aliphatic rings. The highest BCUT2D eigenvalue weighted by molar-refractivity contribution is 6.42. The number of rotatable bonds is 4. The van der Waals surface area contributed by atoms with E-state index in [4.69, 9.17) is 23.2 Å². The van der Waals surface area contributed by atoms with Crippen LogP contribution in [0.5, 0.6) is 0 Å². The standard InChI is InChI=1S/C13H13Cl2N3/c1-9-5-18-11(8-17-9)7-16-6-10-2-3-12(14)13(15)4-10/h2-5,8,16H,6-7H2,1H3. The van der Waals surface area contributed by atoms with Crippen molar-refractivity contribution in [1.82, 2.24) is 15.3 Å². The molecule has 0 atom stereocenters. The van der Waals surface area contributed by atoms with E-state index in [0.29, 0.717) is 23.1 Å². The Bertz CT molecular complexity index is 526. The van der Waals surface area contributed by atoms with Gasteiger partial charge in [0.1, 0.15) is 0 Å². The van der Waals surface area contributed by atoms with Gasteiger partial charge in [0.15, 0.2) is 0 Å². The molecule has 1 aromatic heterocycles. The van der Waals surface area contributed by atoms with E-state index in [1.807, 2.05) is 19.1 Å². The maximum Gasteiger partial charge on any atom is 0.0724 e. The Morgan fingerprint density at radius 3 is 2.56 bits per heavy atom. The van der Waals surface area contributed by atoms with Crippen LogP contribution >= 0.6 is 23.2 Å². The van der Waals surface area contributed by atoms with Crippen LogP contribution in [0.2, 0.25) is 10.0 Å². The zero-order valence-electron chi connectivity index (χ0n) is 9.95. The molecule has 0 bridgehead atoms. The first-order chi connectivity index (χ1) is 8.65. The SMILES string of the molecule is Cc1cnc(CNCc2ccc(Cl)c(Cl)c2)cn1.